The van der Waals surface area contributed by atoms with E-state index in [9.17, 15) is 14.3 Å². The van der Waals surface area contributed by atoms with Gasteiger partial charge in [0, 0.05) is 11.6 Å². The van der Waals surface area contributed by atoms with Gasteiger partial charge in [-0.2, -0.15) is 0 Å². The zero-order valence-electron chi connectivity index (χ0n) is 11.4. The van der Waals surface area contributed by atoms with E-state index in [0.29, 0.717) is 28.3 Å². The number of ether oxygens (including phenoxy) is 2. The second-order valence-electron chi connectivity index (χ2n) is 5.22. The Kier molecular flexibility index (Phi) is 2.72. The van der Waals surface area contributed by atoms with Gasteiger partial charge < -0.3 is 19.9 Å². The predicted molar refractivity (Wildman–Crippen MR) is 76.0 cm³/mol. The number of carbonyl (C=O) groups excluding carboxylic acids is 1. The minimum absolute atomic E-state index is 0.00643. The Labute approximate surface area is 125 Å². The van der Waals surface area contributed by atoms with Crippen LogP contribution in [0.25, 0.3) is 0 Å². The molecule has 0 aliphatic carbocycles. The molecule has 0 radical (unpaired) electrons. The molecule has 4 rings (SSSR count). The molecule has 1 atom stereocenters. The van der Waals surface area contributed by atoms with E-state index in [1.165, 1.54) is 12.1 Å². The maximum Gasteiger partial charge on any atom is 0.231 e. The van der Waals surface area contributed by atoms with Gasteiger partial charge in [-0.3, -0.25) is 4.79 Å². The monoisotopic (exact) mass is 301 g/mol. The number of carbonyl (C=O) groups is 1. The lowest BCUT2D eigenvalue weighted by molar-refractivity contribution is -0.118. The average Bonchev–Trinajstić information content (AvgIpc) is 2.94. The number of ketones is 1. The number of aromatic hydroxyl groups is 1. The first-order chi connectivity index (χ1) is 10.6. The number of para-hydroxylation sites is 1. The summed E-state index contributed by atoms with van der Waals surface area (Å²) in [5.41, 5.74) is 1.19. The van der Waals surface area contributed by atoms with Crippen molar-refractivity contribution in [2.75, 3.05) is 18.7 Å². The van der Waals surface area contributed by atoms with Gasteiger partial charge in [-0.05, 0) is 17.7 Å². The molecule has 2 aromatic rings. The molecule has 0 saturated carbocycles. The Bertz CT molecular complexity index is 790. The van der Waals surface area contributed by atoms with E-state index in [-0.39, 0.29) is 24.9 Å². The lowest BCUT2D eigenvalue weighted by atomic mass is 9.83. The number of rotatable bonds is 1. The predicted octanol–water partition coefficient (Wildman–Crippen LogP) is 2.39. The van der Waals surface area contributed by atoms with Gasteiger partial charge in [0.2, 0.25) is 6.79 Å². The summed E-state index contributed by atoms with van der Waals surface area (Å²) in [5.74, 6) is -0.470. The molecule has 0 saturated heterocycles. The molecule has 22 heavy (non-hydrogen) atoms. The van der Waals surface area contributed by atoms with Gasteiger partial charge in [-0.25, -0.2) is 4.39 Å². The lowest BCUT2D eigenvalue weighted by Gasteiger charge is -2.26. The fourth-order valence-electron chi connectivity index (χ4n) is 2.94. The molecule has 5 nitrogen and oxygen atoms in total. The van der Waals surface area contributed by atoms with E-state index in [1.807, 2.05) is 0 Å². The SMILES string of the molecule is O=C1CNc2c(F)cccc2C1c1cc2c(cc1O)OCO2. The second kappa shape index (κ2) is 4.62. The lowest BCUT2D eigenvalue weighted by Crippen LogP contribution is -2.29. The molecule has 112 valence electrons. The number of hydrogen-bond acceptors (Lipinski definition) is 5. The first-order valence-electron chi connectivity index (χ1n) is 6.82. The summed E-state index contributed by atoms with van der Waals surface area (Å²) in [7, 11) is 0. The highest BCUT2D eigenvalue weighted by Crippen LogP contribution is 2.44. The summed E-state index contributed by atoms with van der Waals surface area (Å²) in [6, 6.07) is 7.56. The largest absolute Gasteiger partial charge is 0.507 e. The molecule has 0 fully saturated rings. The molecule has 6 heteroatoms. The summed E-state index contributed by atoms with van der Waals surface area (Å²) in [6.45, 7) is 0.0795. The van der Waals surface area contributed by atoms with Gasteiger partial charge in [-0.1, -0.05) is 12.1 Å². The first-order valence-corrected chi connectivity index (χ1v) is 6.82. The van der Waals surface area contributed by atoms with E-state index >= 15 is 0 Å². The number of phenolic OH excluding ortho intramolecular Hbond substituents is 1. The molecular weight excluding hydrogens is 289 g/mol. The summed E-state index contributed by atoms with van der Waals surface area (Å²) >= 11 is 0. The van der Waals surface area contributed by atoms with Crippen LogP contribution in [-0.4, -0.2) is 24.2 Å². The van der Waals surface area contributed by atoms with Crippen molar-refractivity contribution < 1.29 is 23.8 Å². The Balaban J connectivity index is 1.90. The van der Waals surface area contributed by atoms with Gasteiger partial charge in [0.25, 0.3) is 0 Å². The summed E-state index contributed by atoms with van der Waals surface area (Å²) < 4.78 is 24.4. The van der Waals surface area contributed by atoms with Gasteiger partial charge in [0.05, 0.1) is 18.2 Å². The third-order valence-corrected chi connectivity index (χ3v) is 3.95. The van der Waals surface area contributed by atoms with Crippen molar-refractivity contribution in [3.63, 3.8) is 0 Å². The van der Waals surface area contributed by atoms with Crippen LogP contribution in [0.5, 0.6) is 17.2 Å². The van der Waals surface area contributed by atoms with Crippen molar-refractivity contribution >= 4 is 11.5 Å². The summed E-state index contributed by atoms with van der Waals surface area (Å²) in [5, 5.41) is 13.0. The Morgan fingerprint density at radius 1 is 1.18 bits per heavy atom. The van der Waals surface area contributed by atoms with Gasteiger partial charge >= 0.3 is 0 Å². The smallest absolute Gasteiger partial charge is 0.231 e. The molecule has 2 N–H and O–H groups in total. The molecule has 0 bridgehead atoms. The van der Waals surface area contributed by atoms with Gasteiger partial charge in [-0.15, -0.1) is 0 Å². The van der Waals surface area contributed by atoms with E-state index in [2.05, 4.69) is 5.32 Å². The normalized spacial score (nSPS) is 18.8. The molecule has 1 unspecified atom stereocenters. The van der Waals surface area contributed by atoms with Crippen molar-refractivity contribution in [3.8, 4) is 17.2 Å². The van der Waals surface area contributed by atoms with Crippen molar-refractivity contribution in [2.24, 2.45) is 0 Å². The number of phenols is 1. The van der Waals surface area contributed by atoms with E-state index in [0.717, 1.165) is 0 Å². The van der Waals surface area contributed by atoms with Gasteiger partial charge in [0.15, 0.2) is 17.3 Å². The van der Waals surface area contributed by atoms with Crippen LogP contribution >= 0.6 is 0 Å². The van der Waals surface area contributed by atoms with Gasteiger partial charge in [0.1, 0.15) is 11.6 Å². The zero-order valence-corrected chi connectivity index (χ0v) is 11.4. The van der Waals surface area contributed by atoms with E-state index in [4.69, 9.17) is 9.47 Å². The number of hydrogen-bond donors (Lipinski definition) is 2. The number of benzene rings is 2. The van der Waals surface area contributed by atoms with Crippen molar-refractivity contribution in [2.45, 2.75) is 5.92 Å². The average molecular weight is 301 g/mol. The standard InChI is InChI=1S/C16H12FNO4/c17-10-3-1-2-8-15(12(20)6-18-16(8)10)9-4-13-14(5-11(9)19)22-7-21-13/h1-5,15,18-19H,6-7H2. The van der Waals surface area contributed by atoms with Crippen LogP contribution in [0, 0.1) is 5.82 Å². The van der Waals surface area contributed by atoms with Crippen LogP contribution in [0.15, 0.2) is 30.3 Å². The fraction of sp³-hybridized carbons (Fsp3) is 0.188. The topological polar surface area (TPSA) is 67.8 Å². The minimum atomic E-state index is -0.735. The van der Waals surface area contributed by atoms with Crippen LogP contribution in [0.3, 0.4) is 0 Å². The Morgan fingerprint density at radius 2 is 1.95 bits per heavy atom. The Morgan fingerprint density at radius 3 is 2.77 bits per heavy atom. The van der Waals surface area contributed by atoms with Crippen LogP contribution < -0.4 is 14.8 Å². The minimum Gasteiger partial charge on any atom is -0.507 e. The number of Topliss-reactive ketones (excluding diaryl/α,β-unsaturated/α-hetero) is 1. The molecular formula is C16H12FNO4. The zero-order chi connectivity index (χ0) is 15.3. The van der Waals surface area contributed by atoms with Crippen LogP contribution in [0.1, 0.15) is 17.0 Å². The second-order valence-corrected chi connectivity index (χ2v) is 5.22. The van der Waals surface area contributed by atoms with Crippen LogP contribution in [0.4, 0.5) is 10.1 Å². The quantitative estimate of drug-likeness (QED) is 0.846. The molecule has 0 amide bonds. The summed E-state index contributed by atoms with van der Waals surface area (Å²) in [4.78, 5) is 12.4. The van der Waals surface area contributed by atoms with Crippen molar-refractivity contribution in [1.29, 1.82) is 0 Å². The number of anilines is 1. The van der Waals surface area contributed by atoms with E-state index in [1.54, 1.807) is 18.2 Å². The number of nitrogens with one attached hydrogen (secondary N) is 1. The third-order valence-electron chi connectivity index (χ3n) is 3.95. The fourth-order valence-corrected chi connectivity index (χ4v) is 2.94. The number of fused-ring (bicyclic) bond motifs is 2. The number of halogens is 1. The molecule has 2 heterocycles. The molecule has 2 aliphatic heterocycles. The summed E-state index contributed by atoms with van der Waals surface area (Å²) in [6.07, 6.45) is 0. The third kappa shape index (κ3) is 1.80. The Hall–Kier alpha value is -2.76. The van der Waals surface area contributed by atoms with E-state index < -0.39 is 11.7 Å². The highest BCUT2D eigenvalue weighted by Gasteiger charge is 2.33. The molecule has 2 aromatic carbocycles. The maximum atomic E-state index is 13.9. The highest BCUT2D eigenvalue weighted by atomic mass is 19.1. The molecule has 2 aliphatic rings. The molecule has 0 aromatic heterocycles. The van der Waals surface area contributed by atoms with Crippen molar-refractivity contribution in [1.82, 2.24) is 0 Å². The van der Waals surface area contributed by atoms with Crippen molar-refractivity contribution in [3.05, 3.63) is 47.3 Å². The molecule has 0 spiro atoms. The maximum absolute atomic E-state index is 13.9. The highest BCUT2D eigenvalue weighted by molar-refractivity contribution is 5.97. The van der Waals surface area contributed by atoms with Crippen LogP contribution in [-0.2, 0) is 4.79 Å². The first kappa shape index (κ1) is 12.9. The van der Waals surface area contributed by atoms with Crippen LogP contribution in [0.2, 0.25) is 0 Å².